The van der Waals surface area contributed by atoms with E-state index in [0.717, 1.165) is 12.1 Å². The Morgan fingerprint density at radius 3 is 2.76 bits per heavy atom. The lowest BCUT2D eigenvalue weighted by atomic mass is 9.98. The van der Waals surface area contributed by atoms with E-state index in [9.17, 15) is 14.4 Å². The third kappa shape index (κ3) is 3.11. The minimum atomic E-state index is -0.806. The van der Waals surface area contributed by atoms with Crippen LogP contribution in [0, 0.1) is 0 Å². The average Bonchev–Trinajstić information content (AvgIpc) is 3.08. The molecule has 134 valence electrons. The molecule has 7 heteroatoms. The van der Waals surface area contributed by atoms with E-state index < -0.39 is 5.54 Å². The Labute approximate surface area is 147 Å². The molecule has 1 aromatic rings. The first-order valence-electron chi connectivity index (χ1n) is 8.55. The third-order valence-corrected chi connectivity index (χ3v) is 4.88. The summed E-state index contributed by atoms with van der Waals surface area (Å²) in [7, 11) is 1.61. The zero-order chi connectivity index (χ0) is 18.2. The van der Waals surface area contributed by atoms with E-state index in [1.807, 2.05) is 32.0 Å². The number of hydrogen-bond acceptors (Lipinski definition) is 4. The number of benzene rings is 1. The zero-order valence-corrected chi connectivity index (χ0v) is 14.8. The molecule has 2 aliphatic rings. The molecular formula is C18H24N4O3. The number of rotatable bonds is 4. The second kappa shape index (κ2) is 6.48. The molecule has 2 heterocycles. The van der Waals surface area contributed by atoms with E-state index in [2.05, 4.69) is 15.5 Å². The largest absolute Gasteiger partial charge is 0.355 e. The van der Waals surface area contributed by atoms with Crippen molar-refractivity contribution in [2.24, 2.45) is 0 Å². The van der Waals surface area contributed by atoms with Crippen molar-refractivity contribution in [2.45, 2.75) is 38.4 Å². The van der Waals surface area contributed by atoms with Crippen molar-refractivity contribution >= 4 is 17.8 Å². The van der Waals surface area contributed by atoms with Crippen LogP contribution in [0.2, 0.25) is 0 Å². The summed E-state index contributed by atoms with van der Waals surface area (Å²) in [6.45, 7) is 5.53. The van der Waals surface area contributed by atoms with Crippen LogP contribution in [0.4, 0.5) is 4.79 Å². The van der Waals surface area contributed by atoms with Gasteiger partial charge in [0, 0.05) is 38.3 Å². The Bertz CT molecular complexity index is 718. The van der Waals surface area contributed by atoms with Gasteiger partial charge in [-0.2, -0.15) is 0 Å². The summed E-state index contributed by atoms with van der Waals surface area (Å²) in [6.07, 6.45) is 0.607. The second-order valence-corrected chi connectivity index (χ2v) is 7.02. The molecule has 1 spiro atoms. The van der Waals surface area contributed by atoms with E-state index in [0.29, 0.717) is 25.1 Å². The Kier molecular flexibility index (Phi) is 4.51. The standard InChI is InChI=1S/C18H24N4O3/c1-12(2)22-16(24)18(20-17(22)25)7-8-21(11-18)10-13-5-4-6-14(9-13)15(23)19-3/h4-6,9,12H,7-8,10-11H2,1-3H3,(H,19,23)(H,20,25)/t18-/m0/s1. The van der Waals surface area contributed by atoms with Gasteiger partial charge in [-0.25, -0.2) is 4.79 Å². The fraction of sp³-hybridized carbons (Fsp3) is 0.500. The van der Waals surface area contributed by atoms with Crippen LogP contribution >= 0.6 is 0 Å². The monoisotopic (exact) mass is 344 g/mol. The lowest BCUT2D eigenvalue weighted by Crippen LogP contribution is -2.49. The first-order valence-corrected chi connectivity index (χ1v) is 8.55. The number of urea groups is 1. The molecule has 0 aliphatic carbocycles. The topological polar surface area (TPSA) is 81.8 Å². The fourth-order valence-corrected chi connectivity index (χ4v) is 3.62. The van der Waals surface area contributed by atoms with Crippen molar-refractivity contribution in [3.63, 3.8) is 0 Å². The summed E-state index contributed by atoms with van der Waals surface area (Å²) in [6, 6.07) is 7.00. The number of imide groups is 1. The summed E-state index contributed by atoms with van der Waals surface area (Å²) in [5, 5.41) is 5.51. The number of carbonyl (C=O) groups excluding carboxylic acids is 3. The zero-order valence-electron chi connectivity index (χ0n) is 14.8. The Balaban J connectivity index is 1.71. The molecule has 0 bridgehead atoms. The van der Waals surface area contributed by atoms with Crippen molar-refractivity contribution < 1.29 is 14.4 Å². The van der Waals surface area contributed by atoms with E-state index in [1.165, 1.54) is 4.90 Å². The molecule has 2 aliphatic heterocycles. The van der Waals surface area contributed by atoms with Crippen molar-refractivity contribution in [2.75, 3.05) is 20.1 Å². The van der Waals surface area contributed by atoms with Crippen LogP contribution in [0.15, 0.2) is 24.3 Å². The Morgan fingerprint density at radius 1 is 1.36 bits per heavy atom. The number of hydrogen-bond donors (Lipinski definition) is 2. The van der Waals surface area contributed by atoms with Gasteiger partial charge in [-0.3, -0.25) is 19.4 Å². The van der Waals surface area contributed by atoms with Crippen molar-refractivity contribution in [3.8, 4) is 0 Å². The van der Waals surface area contributed by atoms with Gasteiger partial charge >= 0.3 is 6.03 Å². The van der Waals surface area contributed by atoms with Gasteiger partial charge in [-0.1, -0.05) is 12.1 Å². The van der Waals surface area contributed by atoms with E-state index in [4.69, 9.17) is 0 Å². The lowest BCUT2D eigenvalue weighted by Gasteiger charge is -2.23. The highest BCUT2D eigenvalue weighted by atomic mass is 16.2. The predicted octanol–water partition coefficient (Wildman–Crippen LogP) is 0.951. The van der Waals surface area contributed by atoms with Crippen molar-refractivity contribution in [3.05, 3.63) is 35.4 Å². The molecule has 2 fully saturated rings. The molecule has 25 heavy (non-hydrogen) atoms. The molecule has 0 unspecified atom stereocenters. The minimum Gasteiger partial charge on any atom is -0.355 e. The first kappa shape index (κ1) is 17.4. The summed E-state index contributed by atoms with van der Waals surface area (Å²) in [5.74, 6) is -0.250. The number of likely N-dealkylation sites (tertiary alicyclic amines) is 1. The highest BCUT2D eigenvalue weighted by Crippen LogP contribution is 2.30. The SMILES string of the molecule is CNC(=O)c1cccc(CN2CC[C@@]3(C2)NC(=O)N(C(C)C)C3=O)c1. The highest BCUT2D eigenvalue weighted by Gasteiger charge is 2.55. The van der Waals surface area contributed by atoms with Crippen LogP contribution in [-0.2, 0) is 11.3 Å². The maximum atomic E-state index is 12.7. The Hall–Kier alpha value is -2.41. The van der Waals surface area contributed by atoms with Gasteiger partial charge in [0.15, 0.2) is 0 Å². The van der Waals surface area contributed by atoms with Crippen LogP contribution in [-0.4, -0.2) is 59.4 Å². The molecular weight excluding hydrogens is 320 g/mol. The molecule has 4 amide bonds. The van der Waals surface area contributed by atoms with Gasteiger partial charge < -0.3 is 10.6 Å². The van der Waals surface area contributed by atoms with Gasteiger partial charge in [0.2, 0.25) is 0 Å². The van der Waals surface area contributed by atoms with E-state index >= 15 is 0 Å². The quantitative estimate of drug-likeness (QED) is 0.797. The molecule has 0 aromatic heterocycles. The minimum absolute atomic E-state index is 0.120. The van der Waals surface area contributed by atoms with Crippen LogP contribution in [0.1, 0.15) is 36.2 Å². The molecule has 7 nitrogen and oxygen atoms in total. The summed E-state index contributed by atoms with van der Waals surface area (Å²) < 4.78 is 0. The fourth-order valence-electron chi connectivity index (χ4n) is 3.62. The highest BCUT2D eigenvalue weighted by molar-refractivity contribution is 6.07. The normalized spacial score (nSPS) is 23.6. The number of nitrogens with zero attached hydrogens (tertiary/aromatic N) is 2. The molecule has 0 radical (unpaired) electrons. The van der Waals surface area contributed by atoms with Crippen molar-refractivity contribution in [1.29, 1.82) is 0 Å². The Morgan fingerprint density at radius 2 is 2.12 bits per heavy atom. The first-order chi connectivity index (χ1) is 11.9. The third-order valence-electron chi connectivity index (χ3n) is 4.88. The van der Waals surface area contributed by atoms with Crippen LogP contribution < -0.4 is 10.6 Å². The summed E-state index contributed by atoms with van der Waals surface area (Å²) in [5.41, 5.74) is 0.820. The van der Waals surface area contributed by atoms with E-state index in [-0.39, 0.29) is 23.9 Å². The van der Waals surface area contributed by atoms with Gasteiger partial charge in [0.05, 0.1) is 0 Å². The summed E-state index contributed by atoms with van der Waals surface area (Å²) >= 11 is 0. The van der Waals surface area contributed by atoms with Gasteiger partial charge in [-0.15, -0.1) is 0 Å². The molecule has 1 atom stereocenters. The van der Waals surface area contributed by atoms with Crippen LogP contribution in [0.3, 0.4) is 0 Å². The van der Waals surface area contributed by atoms with Gasteiger partial charge in [-0.05, 0) is 38.0 Å². The average molecular weight is 344 g/mol. The lowest BCUT2D eigenvalue weighted by molar-refractivity contribution is -0.132. The summed E-state index contributed by atoms with van der Waals surface area (Å²) in [4.78, 5) is 40.1. The maximum Gasteiger partial charge on any atom is 0.325 e. The molecule has 0 saturated carbocycles. The number of nitrogens with one attached hydrogen (secondary N) is 2. The molecule has 3 rings (SSSR count). The van der Waals surface area contributed by atoms with E-state index in [1.54, 1.807) is 13.1 Å². The number of carbonyl (C=O) groups is 3. The number of amides is 4. The van der Waals surface area contributed by atoms with Gasteiger partial charge in [0.1, 0.15) is 5.54 Å². The maximum absolute atomic E-state index is 12.7. The van der Waals surface area contributed by atoms with Crippen molar-refractivity contribution in [1.82, 2.24) is 20.4 Å². The van der Waals surface area contributed by atoms with Crippen LogP contribution in [0.5, 0.6) is 0 Å². The second-order valence-electron chi connectivity index (χ2n) is 7.02. The predicted molar refractivity (Wildman–Crippen MR) is 93.0 cm³/mol. The van der Waals surface area contributed by atoms with Crippen LogP contribution in [0.25, 0.3) is 0 Å². The smallest absolute Gasteiger partial charge is 0.325 e. The molecule has 2 saturated heterocycles. The van der Waals surface area contributed by atoms with Gasteiger partial charge in [0.25, 0.3) is 11.8 Å². The molecule has 1 aromatic carbocycles. The molecule has 2 N–H and O–H groups in total.